The Morgan fingerprint density at radius 1 is 1.23 bits per heavy atom. The molecule has 1 aromatic carbocycles. The number of carbonyl (C=O) groups excluding carboxylic acids is 2. The lowest BCUT2D eigenvalue weighted by atomic mass is 10.1. The van der Waals surface area contributed by atoms with Crippen LogP contribution >= 0.6 is 11.8 Å². The number of amidine groups is 1. The van der Waals surface area contributed by atoms with E-state index in [1.54, 1.807) is 26.0 Å². The molecule has 3 aliphatic rings. The van der Waals surface area contributed by atoms with Gasteiger partial charge in [-0.15, -0.1) is 0 Å². The van der Waals surface area contributed by atoms with E-state index in [0.717, 1.165) is 49.9 Å². The molecule has 0 aromatic heterocycles. The van der Waals surface area contributed by atoms with Crippen LogP contribution in [0.2, 0.25) is 0 Å². The molecule has 3 heterocycles. The number of amides is 2. The molecule has 3 aliphatic heterocycles. The van der Waals surface area contributed by atoms with Gasteiger partial charge >= 0.3 is 0 Å². The predicted octanol–water partition coefficient (Wildman–Crippen LogP) is 1.03. The second-order valence-corrected chi connectivity index (χ2v) is 9.82. The van der Waals surface area contributed by atoms with Crippen LogP contribution in [0.5, 0.6) is 0 Å². The van der Waals surface area contributed by atoms with Gasteiger partial charge in [-0.1, -0.05) is 17.8 Å². The van der Waals surface area contributed by atoms with Gasteiger partial charge in [0.1, 0.15) is 6.04 Å². The number of ether oxygens (including phenoxy) is 3. The highest BCUT2D eigenvalue weighted by Gasteiger charge is 2.32. The van der Waals surface area contributed by atoms with Crippen LogP contribution in [-0.2, 0) is 25.5 Å². The Labute approximate surface area is 210 Å². The van der Waals surface area contributed by atoms with Crippen molar-refractivity contribution in [3.05, 3.63) is 29.3 Å². The number of hydrogen-bond donors (Lipinski definition) is 2. The number of carbonyl (C=O) groups is 2. The van der Waals surface area contributed by atoms with Crippen molar-refractivity contribution in [3.8, 4) is 0 Å². The topological polar surface area (TPSA) is 105 Å². The zero-order chi connectivity index (χ0) is 24.6. The maximum absolute atomic E-state index is 13.1. The summed E-state index contributed by atoms with van der Waals surface area (Å²) in [6, 6.07) is 5.15. The van der Waals surface area contributed by atoms with Crippen molar-refractivity contribution in [3.63, 3.8) is 0 Å². The number of methoxy groups -OCH3 is 2. The molecular weight excluding hydrogens is 470 g/mol. The van der Waals surface area contributed by atoms with Gasteiger partial charge in [-0.3, -0.25) is 14.5 Å². The average Bonchev–Trinajstić information content (AvgIpc) is 3.55. The van der Waals surface area contributed by atoms with Gasteiger partial charge in [-0.05, 0) is 24.1 Å². The minimum absolute atomic E-state index is 0.207. The van der Waals surface area contributed by atoms with E-state index in [1.165, 1.54) is 0 Å². The van der Waals surface area contributed by atoms with E-state index in [2.05, 4.69) is 25.4 Å². The molecule has 11 heteroatoms. The first-order chi connectivity index (χ1) is 17.1. The van der Waals surface area contributed by atoms with Crippen LogP contribution < -0.4 is 10.6 Å². The Balaban J connectivity index is 1.45. The quantitative estimate of drug-likeness (QED) is 0.480. The van der Waals surface area contributed by atoms with Gasteiger partial charge in [0.25, 0.3) is 5.91 Å². The molecule has 0 bridgehead atoms. The number of nitrogens with one attached hydrogen (secondary N) is 2. The first kappa shape index (κ1) is 25.9. The number of rotatable bonds is 9. The van der Waals surface area contributed by atoms with Gasteiger partial charge in [-0.2, -0.15) is 0 Å². The molecule has 4 rings (SSSR count). The number of aliphatic imine (C=N–C) groups is 1. The van der Waals surface area contributed by atoms with Crippen molar-refractivity contribution < 1.29 is 23.8 Å². The Hall–Kier alpha value is -2.18. The molecule has 35 heavy (non-hydrogen) atoms. The van der Waals surface area contributed by atoms with Crippen LogP contribution in [0.3, 0.4) is 0 Å². The van der Waals surface area contributed by atoms with Gasteiger partial charge in [0.05, 0.1) is 37.2 Å². The van der Waals surface area contributed by atoms with Gasteiger partial charge < -0.3 is 29.7 Å². The molecule has 0 radical (unpaired) electrons. The van der Waals surface area contributed by atoms with Crippen molar-refractivity contribution in [1.82, 2.24) is 15.1 Å². The second-order valence-electron chi connectivity index (χ2n) is 8.84. The lowest BCUT2D eigenvalue weighted by Crippen LogP contribution is -2.35. The average molecular weight is 506 g/mol. The Bertz CT molecular complexity index is 924. The Morgan fingerprint density at radius 3 is 2.80 bits per heavy atom. The summed E-state index contributed by atoms with van der Waals surface area (Å²) in [7, 11) is 3.32. The molecule has 192 valence electrons. The Kier molecular flexibility index (Phi) is 9.38. The highest BCUT2D eigenvalue weighted by molar-refractivity contribution is 8.14. The number of anilines is 1. The molecule has 0 saturated carbocycles. The summed E-state index contributed by atoms with van der Waals surface area (Å²) in [5.74, 6) is 0.135. The molecule has 0 spiro atoms. The monoisotopic (exact) mass is 505 g/mol. The third-order valence-electron chi connectivity index (χ3n) is 6.38. The normalized spacial score (nSPS) is 22.8. The highest BCUT2D eigenvalue weighted by Crippen LogP contribution is 2.26. The zero-order valence-electron chi connectivity index (χ0n) is 20.5. The first-order valence-corrected chi connectivity index (χ1v) is 13.0. The van der Waals surface area contributed by atoms with Crippen molar-refractivity contribution in [2.75, 3.05) is 77.8 Å². The molecule has 1 unspecified atom stereocenters. The molecular formula is C24H35N5O5S. The number of thioether (sulfide) groups is 1. The summed E-state index contributed by atoms with van der Waals surface area (Å²) in [5.41, 5.74) is 1.95. The molecule has 2 saturated heterocycles. The maximum Gasteiger partial charge on any atom is 0.253 e. The van der Waals surface area contributed by atoms with Crippen molar-refractivity contribution in [2.45, 2.75) is 25.1 Å². The molecule has 2 atom stereocenters. The van der Waals surface area contributed by atoms with Crippen molar-refractivity contribution >= 4 is 34.4 Å². The number of morpholine rings is 1. The van der Waals surface area contributed by atoms with Crippen LogP contribution in [0.1, 0.15) is 22.3 Å². The van der Waals surface area contributed by atoms with Crippen molar-refractivity contribution in [1.29, 1.82) is 0 Å². The lowest BCUT2D eigenvalue weighted by Gasteiger charge is -2.27. The third kappa shape index (κ3) is 6.95. The van der Waals surface area contributed by atoms with E-state index in [-0.39, 0.29) is 17.9 Å². The molecule has 1 aromatic rings. The van der Waals surface area contributed by atoms with E-state index in [0.29, 0.717) is 43.4 Å². The summed E-state index contributed by atoms with van der Waals surface area (Å²) < 4.78 is 15.9. The molecule has 2 fully saturated rings. The van der Waals surface area contributed by atoms with Crippen LogP contribution in [0.25, 0.3) is 0 Å². The largest absolute Gasteiger partial charge is 0.383 e. The number of nitrogens with zero attached hydrogens (tertiary/aromatic N) is 3. The smallest absolute Gasteiger partial charge is 0.253 e. The van der Waals surface area contributed by atoms with E-state index in [1.807, 2.05) is 18.2 Å². The predicted molar refractivity (Wildman–Crippen MR) is 136 cm³/mol. The summed E-state index contributed by atoms with van der Waals surface area (Å²) in [4.78, 5) is 35.2. The maximum atomic E-state index is 13.1. The number of benzene rings is 1. The summed E-state index contributed by atoms with van der Waals surface area (Å²) in [6.07, 6.45) is 1.17. The van der Waals surface area contributed by atoms with Gasteiger partial charge in [0.15, 0.2) is 5.17 Å². The SMILES string of the molecule is COCCNC(=O)c1cc(CN2CCOCC2)ccc1NC(=O)C1CSC(N2CC[C@H](OC)C2)=N1. The van der Waals surface area contributed by atoms with Crippen LogP contribution in [0, 0.1) is 0 Å². The summed E-state index contributed by atoms with van der Waals surface area (Å²) in [6.45, 7) is 6.35. The number of likely N-dealkylation sites (tertiary alicyclic amines) is 1. The highest BCUT2D eigenvalue weighted by atomic mass is 32.2. The van der Waals surface area contributed by atoms with Gasteiger partial charge in [0, 0.05) is 59.2 Å². The summed E-state index contributed by atoms with van der Waals surface area (Å²) in [5, 5.41) is 6.72. The second kappa shape index (κ2) is 12.7. The first-order valence-electron chi connectivity index (χ1n) is 12.1. The molecule has 10 nitrogen and oxygen atoms in total. The van der Waals surface area contributed by atoms with Crippen LogP contribution in [-0.4, -0.2) is 111 Å². The minimum Gasteiger partial charge on any atom is -0.383 e. The fraction of sp³-hybridized carbons (Fsp3) is 0.625. The fourth-order valence-corrected chi connectivity index (χ4v) is 5.43. The molecule has 0 aliphatic carbocycles. The van der Waals surface area contributed by atoms with E-state index < -0.39 is 6.04 Å². The molecule has 2 N–H and O–H groups in total. The standard InChI is InChI=1S/C24H35N5O5S/c1-32-10-6-25-22(30)19-13-17(14-28-8-11-34-12-9-28)3-4-20(19)26-23(31)21-16-35-24(27-21)29-7-5-18(15-29)33-2/h3-4,13,18,21H,5-12,14-16H2,1-2H3,(H,25,30)(H,26,31)/t18-,21?/m0/s1. The minimum atomic E-state index is -0.492. The van der Waals surface area contributed by atoms with E-state index >= 15 is 0 Å². The van der Waals surface area contributed by atoms with E-state index in [9.17, 15) is 9.59 Å². The molecule has 2 amide bonds. The third-order valence-corrected chi connectivity index (χ3v) is 7.48. The summed E-state index contributed by atoms with van der Waals surface area (Å²) >= 11 is 1.60. The number of hydrogen-bond acceptors (Lipinski definition) is 9. The zero-order valence-corrected chi connectivity index (χ0v) is 21.3. The van der Waals surface area contributed by atoms with Gasteiger partial charge in [0.2, 0.25) is 5.91 Å². The van der Waals surface area contributed by atoms with E-state index in [4.69, 9.17) is 14.2 Å². The van der Waals surface area contributed by atoms with Crippen LogP contribution in [0.15, 0.2) is 23.2 Å². The van der Waals surface area contributed by atoms with Crippen molar-refractivity contribution in [2.24, 2.45) is 4.99 Å². The fourth-order valence-electron chi connectivity index (χ4n) is 4.34. The Morgan fingerprint density at radius 2 is 2.06 bits per heavy atom. The van der Waals surface area contributed by atoms with Crippen LogP contribution in [0.4, 0.5) is 5.69 Å². The lowest BCUT2D eigenvalue weighted by molar-refractivity contribution is -0.116. The van der Waals surface area contributed by atoms with Gasteiger partial charge in [-0.25, -0.2) is 4.99 Å².